The second-order valence-corrected chi connectivity index (χ2v) is 4.64. The van der Waals surface area contributed by atoms with Crippen LogP contribution in [0.1, 0.15) is 21.7 Å². The fourth-order valence-electron chi connectivity index (χ4n) is 2.20. The average molecular weight is 282 g/mol. The van der Waals surface area contributed by atoms with E-state index in [0.717, 1.165) is 5.82 Å². The third-order valence-corrected chi connectivity index (χ3v) is 3.25. The summed E-state index contributed by atoms with van der Waals surface area (Å²) in [6, 6.07) is 1.73. The van der Waals surface area contributed by atoms with Gasteiger partial charge in [0.05, 0.1) is 18.7 Å². The molecule has 7 heteroatoms. The van der Waals surface area contributed by atoms with Gasteiger partial charge in [0.25, 0.3) is 5.91 Å². The van der Waals surface area contributed by atoms with E-state index in [1.807, 2.05) is 4.57 Å². The molecule has 2 aromatic rings. The molecule has 0 atom stereocenters. The van der Waals surface area contributed by atoms with Gasteiger partial charge < -0.3 is 15.2 Å². The fraction of sp³-hybridized carbons (Fsp3) is 0.286. The molecule has 0 aromatic carbocycles. The quantitative estimate of drug-likeness (QED) is 0.721. The standard InChI is InChI=1S/C14H14N6O/c15-3-1-2-11-6-12(8-16-7-11)14(21)19-4-5-20-10-17-18-13(20)9-19/h6-8,10H,3-5,9,15H2. The van der Waals surface area contributed by atoms with Crippen molar-refractivity contribution in [3.05, 3.63) is 41.7 Å². The van der Waals surface area contributed by atoms with Crippen LogP contribution in [0.25, 0.3) is 0 Å². The van der Waals surface area contributed by atoms with Crippen molar-refractivity contribution in [2.24, 2.45) is 5.73 Å². The highest BCUT2D eigenvalue weighted by Crippen LogP contribution is 2.13. The van der Waals surface area contributed by atoms with E-state index in [1.54, 1.807) is 29.7 Å². The first kappa shape index (κ1) is 13.3. The summed E-state index contributed by atoms with van der Waals surface area (Å²) in [5, 5.41) is 7.86. The average Bonchev–Trinajstić information content (AvgIpc) is 3.00. The molecule has 0 bridgehead atoms. The molecule has 3 heterocycles. The van der Waals surface area contributed by atoms with E-state index in [4.69, 9.17) is 5.73 Å². The molecule has 3 rings (SSSR count). The number of amides is 1. The molecule has 1 aliphatic heterocycles. The number of aromatic nitrogens is 4. The van der Waals surface area contributed by atoms with Crippen molar-refractivity contribution >= 4 is 5.91 Å². The summed E-state index contributed by atoms with van der Waals surface area (Å²) in [6.07, 6.45) is 4.85. The topological polar surface area (TPSA) is 89.9 Å². The Labute approximate surface area is 121 Å². The van der Waals surface area contributed by atoms with Gasteiger partial charge in [-0.05, 0) is 6.07 Å². The summed E-state index contributed by atoms with van der Waals surface area (Å²) in [5.74, 6) is 6.35. The van der Waals surface area contributed by atoms with Gasteiger partial charge >= 0.3 is 0 Å². The molecule has 0 saturated carbocycles. The van der Waals surface area contributed by atoms with Crippen LogP contribution in [0, 0.1) is 11.8 Å². The van der Waals surface area contributed by atoms with Crippen LogP contribution in [0.15, 0.2) is 24.8 Å². The molecule has 106 valence electrons. The SMILES string of the molecule is NCC#Cc1cncc(C(=O)N2CCn3cnnc3C2)c1. The van der Waals surface area contributed by atoms with Crippen LogP contribution in [0.5, 0.6) is 0 Å². The molecule has 7 nitrogen and oxygen atoms in total. The minimum atomic E-state index is -0.0758. The van der Waals surface area contributed by atoms with Crippen LogP contribution in [-0.2, 0) is 13.1 Å². The minimum Gasteiger partial charge on any atom is -0.329 e. The van der Waals surface area contributed by atoms with Crippen molar-refractivity contribution in [1.29, 1.82) is 0 Å². The monoisotopic (exact) mass is 282 g/mol. The Balaban J connectivity index is 1.80. The third kappa shape index (κ3) is 2.75. The lowest BCUT2D eigenvalue weighted by atomic mass is 10.1. The number of fused-ring (bicyclic) bond motifs is 1. The molecule has 2 N–H and O–H groups in total. The van der Waals surface area contributed by atoms with Gasteiger partial charge in [-0.15, -0.1) is 10.2 Å². The van der Waals surface area contributed by atoms with Crippen molar-refractivity contribution in [3.8, 4) is 11.8 Å². The first-order chi connectivity index (χ1) is 10.3. The third-order valence-electron chi connectivity index (χ3n) is 3.25. The number of rotatable bonds is 1. The largest absolute Gasteiger partial charge is 0.329 e. The number of nitrogens with zero attached hydrogens (tertiary/aromatic N) is 5. The summed E-state index contributed by atoms with van der Waals surface area (Å²) in [7, 11) is 0. The van der Waals surface area contributed by atoms with Crippen molar-refractivity contribution < 1.29 is 4.79 Å². The van der Waals surface area contributed by atoms with Crippen molar-refractivity contribution in [3.63, 3.8) is 0 Å². The van der Waals surface area contributed by atoms with Gasteiger partial charge in [0, 0.05) is 31.0 Å². The Hall–Kier alpha value is -2.72. The zero-order valence-corrected chi connectivity index (χ0v) is 11.4. The van der Waals surface area contributed by atoms with E-state index in [-0.39, 0.29) is 12.5 Å². The van der Waals surface area contributed by atoms with Crippen LogP contribution in [0.3, 0.4) is 0 Å². The van der Waals surface area contributed by atoms with Gasteiger partial charge in [-0.25, -0.2) is 0 Å². The van der Waals surface area contributed by atoms with Gasteiger partial charge in [0.1, 0.15) is 6.33 Å². The Morgan fingerprint density at radius 1 is 1.38 bits per heavy atom. The molecule has 0 radical (unpaired) electrons. The second-order valence-electron chi connectivity index (χ2n) is 4.64. The Kier molecular flexibility index (Phi) is 3.62. The number of nitrogens with two attached hydrogens (primary N) is 1. The normalized spacial score (nSPS) is 13.3. The summed E-state index contributed by atoms with van der Waals surface area (Å²) < 4.78 is 1.95. The van der Waals surface area contributed by atoms with E-state index in [1.165, 1.54) is 0 Å². The molecular formula is C14H14N6O. The first-order valence-corrected chi connectivity index (χ1v) is 6.58. The van der Waals surface area contributed by atoms with Gasteiger partial charge in [0.2, 0.25) is 0 Å². The zero-order valence-electron chi connectivity index (χ0n) is 11.4. The molecule has 2 aromatic heterocycles. The second kappa shape index (κ2) is 5.73. The summed E-state index contributed by atoms with van der Waals surface area (Å²) in [5.41, 5.74) is 6.55. The van der Waals surface area contributed by atoms with Gasteiger partial charge in [-0.2, -0.15) is 0 Å². The van der Waals surface area contributed by atoms with Crippen LogP contribution < -0.4 is 5.73 Å². The minimum absolute atomic E-state index is 0.0758. The Morgan fingerprint density at radius 3 is 3.14 bits per heavy atom. The molecule has 0 aliphatic carbocycles. The fourth-order valence-corrected chi connectivity index (χ4v) is 2.20. The number of hydrogen-bond acceptors (Lipinski definition) is 5. The number of hydrogen-bond donors (Lipinski definition) is 1. The Morgan fingerprint density at radius 2 is 2.29 bits per heavy atom. The Bertz CT molecular complexity index is 726. The molecule has 1 aliphatic rings. The molecule has 1 amide bonds. The van der Waals surface area contributed by atoms with Crippen LogP contribution >= 0.6 is 0 Å². The lowest BCUT2D eigenvalue weighted by molar-refractivity contribution is 0.0707. The molecule has 0 spiro atoms. The van der Waals surface area contributed by atoms with Crippen molar-refractivity contribution in [1.82, 2.24) is 24.6 Å². The summed E-state index contributed by atoms with van der Waals surface area (Å²) >= 11 is 0. The van der Waals surface area contributed by atoms with E-state index in [2.05, 4.69) is 27.0 Å². The predicted molar refractivity (Wildman–Crippen MR) is 74.9 cm³/mol. The van der Waals surface area contributed by atoms with Crippen LogP contribution in [0.4, 0.5) is 0 Å². The van der Waals surface area contributed by atoms with E-state index in [9.17, 15) is 4.79 Å². The lowest BCUT2D eigenvalue weighted by Crippen LogP contribution is -2.38. The smallest absolute Gasteiger partial charge is 0.255 e. The van der Waals surface area contributed by atoms with Crippen molar-refractivity contribution in [2.75, 3.05) is 13.1 Å². The zero-order chi connectivity index (χ0) is 14.7. The molecular weight excluding hydrogens is 268 g/mol. The van der Waals surface area contributed by atoms with E-state index in [0.29, 0.717) is 30.8 Å². The van der Waals surface area contributed by atoms with Crippen LogP contribution in [-0.4, -0.2) is 43.6 Å². The molecule has 21 heavy (non-hydrogen) atoms. The number of carbonyl (C=O) groups is 1. The summed E-state index contributed by atoms with van der Waals surface area (Å²) in [4.78, 5) is 18.3. The maximum atomic E-state index is 12.5. The van der Waals surface area contributed by atoms with Crippen molar-refractivity contribution in [2.45, 2.75) is 13.1 Å². The summed E-state index contributed by atoms with van der Waals surface area (Å²) in [6.45, 7) is 2.06. The first-order valence-electron chi connectivity index (χ1n) is 6.58. The van der Waals surface area contributed by atoms with Gasteiger partial charge in [-0.1, -0.05) is 11.8 Å². The number of carbonyl (C=O) groups excluding carboxylic acids is 1. The lowest BCUT2D eigenvalue weighted by Gasteiger charge is -2.27. The highest BCUT2D eigenvalue weighted by Gasteiger charge is 2.23. The molecule has 0 fully saturated rings. The van der Waals surface area contributed by atoms with Gasteiger partial charge in [-0.3, -0.25) is 9.78 Å². The van der Waals surface area contributed by atoms with Crippen LogP contribution in [0.2, 0.25) is 0 Å². The maximum absolute atomic E-state index is 12.5. The predicted octanol–water partition coefficient (Wildman–Crippen LogP) is -0.361. The number of pyridine rings is 1. The highest BCUT2D eigenvalue weighted by atomic mass is 16.2. The molecule has 0 saturated heterocycles. The maximum Gasteiger partial charge on any atom is 0.255 e. The molecule has 0 unspecified atom stereocenters. The van der Waals surface area contributed by atoms with E-state index >= 15 is 0 Å². The van der Waals surface area contributed by atoms with E-state index < -0.39 is 0 Å². The highest BCUT2D eigenvalue weighted by molar-refractivity contribution is 5.94. The van der Waals surface area contributed by atoms with Gasteiger partial charge in [0.15, 0.2) is 5.82 Å².